The van der Waals surface area contributed by atoms with Gasteiger partial charge in [0, 0.05) is 43.3 Å². The second kappa shape index (κ2) is 5.95. The quantitative estimate of drug-likeness (QED) is 0.938. The van der Waals surface area contributed by atoms with Crippen LogP contribution in [0.25, 0.3) is 0 Å². The standard InChI is InChI=1S/C16H20N4OS/c1-2-14(22-7-1)10-20-6-3-16(12-20)8-13(11-21-16)19-15-9-17-4-5-18-15/h1-2,4-5,7,9,13H,3,6,8,10-12H2,(H,18,19)/t13-,16-/m0/s1. The molecule has 2 aromatic heterocycles. The normalized spacial score (nSPS) is 28.5. The van der Waals surface area contributed by atoms with Gasteiger partial charge in [-0.3, -0.25) is 9.88 Å². The molecule has 4 rings (SSSR count). The summed E-state index contributed by atoms with van der Waals surface area (Å²) in [6.45, 7) is 3.95. The number of aromatic nitrogens is 2. The molecule has 2 aliphatic rings. The number of hydrogen-bond donors (Lipinski definition) is 1. The highest BCUT2D eigenvalue weighted by atomic mass is 32.1. The number of thiophene rings is 1. The van der Waals surface area contributed by atoms with Crippen LogP contribution in [0.3, 0.4) is 0 Å². The Morgan fingerprint density at radius 2 is 2.45 bits per heavy atom. The van der Waals surface area contributed by atoms with Gasteiger partial charge in [-0.1, -0.05) is 6.07 Å². The van der Waals surface area contributed by atoms with E-state index in [0.29, 0.717) is 6.04 Å². The number of ether oxygens (including phenoxy) is 1. The van der Waals surface area contributed by atoms with E-state index in [4.69, 9.17) is 4.74 Å². The van der Waals surface area contributed by atoms with Crippen molar-refractivity contribution in [3.8, 4) is 0 Å². The van der Waals surface area contributed by atoms with Crippen LogP contribution < -0.4 is 5.32 Å². The molecule has 2 aliphatic heterocycles. The number of anilines is 1. The average molecular weight is 316 g/mol. The Hall–Kier alpha value is -1.50. The molecule has 0 radical (unpaired) electrons. The predicted octanol–water partition coefficient (Wildman–Crippen LogP) is 2.38. The number of hydrogen-bond acceptors (Lipinski definition) is 6. The van der Waals surface area contributed by atoms with E-state index >= 15 is 0 Å². The average Bonchev–Trinajstić information content (AvgIpc) is 3.25. The maximum absolute atomic E-state index is 6.19. The fourth-order valence-electron chi connectivity index (χ4n) is 3.49. The van der Waals surface area contributed by atoms with E-state index in [9.17, 15) is 0 Å². The van der Waals surface area contributed by atoms with Gasteiger partial charge >= 0.3 is 0 Å². The van der Waals surface area contributed by atoms with Crippen LogP contribution in [-0.4, -0.2) is 46.2 Å². The molecule has 0 saturated carbocycles. The number of rotatable bonds is 4. The third-order valence-corrected chi connectivity index (χ3v) is 5.34. The first-order chi connectivity index (χ1) is 10.8. The van der Waals surface area contributed by atoms with Gasteiger partial charge in [0.25, 0.3) is 0 Å². The molecular formula is C16H20N4OS. The van der Waals surface area contributed by atoms with Crippen molar-refractivity contribution in [1.82, 2.24) is 14.9 Å². The lowest BCUT2D eigenvalue weighted by Gasteiger charge is -2.23. The molecular weight excluding hydrogens is 296 g/mol. The number of nitrogens with one attached hydrogen (secondary N) is 1. The third kappa shape index (κ3) is 2.99. The first kappa shape index (κ1) is 14.1. The minimum Gasteiger partial charge on any atom is -0.371 e. The molecule has 0 aromatic carbocycles. The maximum Gasteiger partial charge on any atom is 0.144 e. The molecule has 0 aliphatic carbocycles. The lowest BCUT2D eigenvalue weighted by Crippen LogP contribution is -2.33. The van der Waals surface area contributed by atoms with Gasteiger partial charge in [0.05, 0.1) is 24.4 Å². The Labute approximate surface area is 134 Å². The molecule has 0 amide bonds. The van der Waals surface area contributed by atoms with E-state index < -0.39 is 0 Å². The first-order valence-corrected chi connectivity index (χ1v) is 8.61. The van der Waals surface area contributed by atoms with Crippen molar-refractivity contribution in [2.24, 2.45) is 0 Å². The molecule has 1 spiro atoms. The van der Waals surface area contributed by atoms with Crippen molar-refractivity contribution in [3.63, 3.8) is 0 Å². The molecule has 2 saturated heterocycles. The number of likely N-dealkylation sites (tertiary alicyclic amines) is 1. The second-order valence-electron chi connectivity index (χ2n) is 6.17. The van der Waals surface area contributed by atoms with Crippen LogP contribution in [0, 0.1) is 0 Å². The smallest absolute Gasteiger partial charge is 0.144 e. The topological polar surface area (TPSA) is 50.3 Å². The summed E-state index contributed by atoms with van der Waals surface area (Å²) in [4.78, 5) is 12.3. The summed E-state index contributed by atoms with van der Waals surface area (Å²) in [6.07, 6.45) is 7.34. The largest absolute Gasteiger partial charge is 0.371 e. The van der Waals surface area contributed by atoms with Gasteiger partial charge in [0.1, 0.15) is 5.82 Å². The summed E-state index contributed by atoms with van der Waals surface area (Å²) in [7, 11) is 0. The van der Waals surface area contributed by atoms with Crippen LogP contribution in [0.4, 0.5) is 5.82 Å². The summed E-state index contributed by atoms with van der Waals surface area (Å²) in [5.41, 5.74) is 0.0249. The van der Waals surface area contributed by atoms with Gasteiger partial charge in [-0.15, -0.1) is 11.3 Å². The predicted molar refractivity (Wildman–Crippen MR) is 87.0 cm³/mol. The molecule has 22 heavy (non-hydrogen) atoms. The SMILES string of the molecule is c1csc(CN2CC[C@]3(C[C@H](Nc4cnccn4)CO3)C2)c1. The molecule has 0 bridgehead atoms. The zero-order valence-corrected chi connectivity index (χ0v) is 13.3. The lowest BCUT2D eigenvalue weighted by atomic mass is 9.97. The van der Waals surface area contributed by atoms with Gasteiger partial charge in [0.2, 0.25) is 0 Å². The van der Waals surface area contributed by atoms with Crippen LogP contribution >= 0.6 is 11.3 Å². The van der Waals surface area contributed by atoms with Crippen molar-refractivity contribution in [2.45, 2.75) is 31.0 Å². The third-order valence-electron chi connectivity index (χ3n) is 4.48. The number of nitrogens with zero attached hydrogens (tertiary/aromatic N) is 3. The Morgan fingerprint density at radius 1 is 1.45 bits per heavy atom. The van der Waals surface area contributed by atoms with Gasteiger partial charge in [-0.05, 0) is 17.9 Å². The maximum atomic E-state index is 6.19. The molecule has 116 valence electrons. The molecule has 5 nitrogen and oxygen atoms in total. The van der Waals surface area contributed by atoms with Crippen LogP contribution in [-0.2, 0) is 11.3 Å². The van der Waals surface area contributed by atoms with E-state index in [1.54, 1.807) is 18.6 Å². The van der Waals surface area contributed by atoms with Crippen molar-refractivity contribution >= 4 is 17.2 Å². The zero-order valence-electron chi connectivity index (χ0n) is 12.4. The molecule has 2 fully saturated rings. The Bertz CT molecular complexity index is 606. The van der Waals surface area contributed by atoms with Crippen molar-refractivity contribution in [1.29, 1.82) is 0 Å². The van der Waals surface area contributed by atoms with Gasteiger partial charge in [0.15, 0.2) is 0 Å². The lowest BCUT2D eigenvalue weighted by molar-refractivity contribution is 0.0120. The molecule has 0 unspecified atom stereocenters. The minimum absolute atomic E-state index is 0.0249. The molecule has 2 atom stereocenters. The van der Waals surface area contributed by atoms with Crippen molar-refractivity contribution < 1.29 is 4.74 Å². The summed E-state index contributed by atoms with van der Waals surface area (Å²) in [5, 5.41) is 5.58. The minimum atomic E-state index is 0.0249. The molecule has 2 aromatic rings. The summed E-state index contributed by atoms with van der Waals surface area (Å²) >= 11 is 1.83. The highest BCUT2D eigenvalue weighted by Gasteiger charge is 2.45. The van der Waals surface area contributed by atoms with Crippen LogP contribution in [0.5, 0.6) is 0 Å². The Morgan fingerprint density at radius 3 is 3.27 bits per heavy atom. The van der Waals surface area contributed by atoms with E-state index in [0.717, 1.165) is 44.9 Å². The molecule has 6 heteroatoms. The Kier molecular flexibility index (Phi) is 3.82. The zero-order chi connectivity index (χ0) is 14.8. The molecule has 1 N–H and O–H groups in total. The van der Waals surface area contributed by atoms with Crippen molar-refractivity contribution in [3.05, 3.63) is 41.0 Å². The van der Waals surface area contributed by atoms with E-state index in [1.165, 1.54) is 4.88 Å². The van der Waals surface area contributed by atoms with Crippen LogP contribution in [0.1, 0.15) is 17.7 Å². The first-order valence-electron chi connectivity index (χ1n) is 7.73. The van der Waals surface area contributed by atoms with Gasteiger partial charge < -0.3 is 10.1 Å². The van der Waals surface area contributed by atoms with Gasteiger partial charge in [-0.2, -0.15) is 0 Å². The second-order valence-corrected chi connectivity index (χ2v) is 7.20. The summed E-state index contributed by atoms with van der Waals surface area (Å²) in [6, 6.07) is 4.67. The van der Waals surface area contributed by atoms with Gasteiger partial charge in [-0.25, -0.2) is 4.98 Å². The summed E-state index contributed by atoms with van der Waals surface area (Å²) < 4.78 is 6.19. The monoisotopic (exact) mass is 316 g/mol. The van der Waals surface area contributed by atoms with E-state index in [1.807, 2.05) is 11.3 Å². The van der Waals surface area contributed by atoms with Crippen molar-refractivity contribution in [2.75, 3.05) is 25.0 Å². The van der Waals surface area contributed by atoms with E-state index in [2.05, 4.69) is 37.7 Å². The highest BCUT2D eigenvalue weighted by Crippen LogP contribution is 2.36. The van der Waals surface area contributed by atoms with E-state index in [-0.39, 0.29) is 5.60 Å². The molecule has 4 heterocycles. The van der Waals surface area contributed by atoms with Crippen LogP contribution in [0.15, 0.2) is 36.1 Å². The summed E-state index contributed by atoms with van der Waals surface area (Å²) in [5.74, 6) is 0.835. The Balaban J connectivity index is 1.34. The fraction of sp³-hybridized carbons (Fsp3) is 0.500. The highest BCUT2D eigenvalue weighted by molar-refractivity contribution is 7.09. The van der Waals surface area contributed by atoms with Crippen LogP contribution in [0.2, 0.25) is 0 Å². The fourth-order valence-corrected chi connectivity index (χ4v) is 4.24.